The van der Waals surface area contributed by atoms with E-state index in [9.17, 15) is 4.79 Å². The first kappa shape index (κ1) is 14.4. The summed E-state index contributed by atoms with van der Waals surface area (Å²) in [6.07, 6.45) is 4.79. The third-order valence-corrected chi connectivity index (χ3v) is 2.88. The predicted molar refractivity (Wildman–Crippen MR) is 76.2 cm³/mol. The van der Waals surface area contributed by atoms with Crippen LogP contribution in [-0.2, 0) is 0 Å². The number of hydrogen-bond donors (Lipinski definition) is 0. The molecule has 0 atom stereocenters. The van der Waals surface area contributed by atoms with Gasteiger partial charge in [-0.25, -0.2) is 9.97 Å². The van der Waals surface area contributed by atoms with Crippen LogP contribution in [0.1, 0.15) is 29.5 Å². The first-order valence-electron chi connectivity index (χ1n) is 6.23. The second-order valence-electron chi connectivity index (χ2n) is 4.20. The third-order valence-electron chi connectivity index (χ3n) is 2.59. The maximum Gasteiger partial charge on any atom is 0.155 e. The molecule has 20 heavy (non-hydrogen) atoms. The summed E-state index contributed by atoms with van der Waals surface area (Å²) in [6.45, 7) is 4.35. The zero-order chi connectivity index (χ0) is 14.5. The van der Waals surface area contributed by atoms with Crippen LogP contribution >= 0.6 is 11.6 Å². The summed E-state index contributed by atoms with van der Waals surface area (Å²) in [4.78, 5) is 23.5. The molecule has 0 aromatic carbocycles. The van der Waals surface area contributed by atoms with Gasteiger partial charge in [-0.3, -0.25) is 9.78 Å². The molecule has 0 aliphatic heterocycles. The van der Waals surface area contributed by atoms with Gasteiger partial charge in [0.2, 0.25) is 0 Å². The van der Waals surface area contributed by atoms with Gasteiger partial charge < -0.3 is 4.74 Å². The Bertz CT molecular complexity index is 632. The van der Waals surface area contributed by atoms with E-state index in [1.807, 2.05) is 6.92 Å². The minimum absolute atomic E-state index is 0.141. The van der Waals surface area contributed by atoms with E-state index in [0.29, 0.717) is 35.7 Å². The van der Waals surface area contributed by atoms with E-state index in [1.165, 1.54) is 0 Å². The van der Waals surface area contributed by atoms with Crippen LogP contribution in [0.5, 0.6) is 5.75 Å². The predicted octanol–water partition coefficient (Wildman–Crippen LogP) is 3.10. The highest BCUT2D eigenvalue weighted by molar-refractivity contribution is 6.32. The van der Waals surface area contributed by atoms with Crippen molar-refractivity contribution in [2.75, 3.05) is 6.61 Å². The Hall–Kier alpha value is -2.01. The van der Waals surface area contributed by atoms with E-state index in [0.717, 1.165) is 6.42 Å². The fraction of sp³-hybridized carbons (Fsp3) is 0.286. The van der Waals surface area contributed by atoms with Crippen molar-refractivity contribution < 1.29 is 9.53 Å². The van der Waals surface area contributed by atoms with Crippen LogP contribution in [0.25, 0.3) is 11.3 Å². The van der Waals surface area contributed by atoms with E-state index >= 15 is 0 Å². The molecule has 0 radical (unpaired) electrons. The van der Waals surface area contributed by atoms with Gasteiger partial charge in [0.05, 0.1) is 24.1 Å². The average molecular weight is 292 g/mol. The molecular weight excluding hydrogens is 278 g/mol. The first-order chi connectivity index (χ1) is 9.65. The Morgan fingerprint density at radius 2 is 2.15 bits per heavy atom. The topological polar surface area (TPSA) is 65.0 Å². The molecule has 2 aromatic heterocycles. The summed E-state index contributed by atoms with van der Waals surface area (Å²) in [5, 5.41) is 0.141. The number of carbonyl (C=O) groups excluding carboxylic acids is 1. The Balaban J connectivity index is 2.48. The molecule has 0 amide bonds. The first-order valence-corrected chi connectivity index (χ1v) is 6.61. The number of nitrogens with zero attached hydrogens (tertiary/aromatic N) is 3. The minimum atomic E-state index is 0.141. The lowest BCUT2D eigenvalue weighted by atomic mass is 10.1. The number of aromatic nitrogens is 3. The standard InChI is InChI=1S/C14H14ClN3O2/c1-3-4-20-11-5-10(6-16-7-11)13-12(8-19)14(15)18-9(2)17-13/h5-8H,3-4H2,1-2H3. The molecule has 6 heteroatoms. The van der Waals surface area contributed by atoms with Crippen molar-refractivity contribution in [1.82, 2.24) is 15.0 Å². The Kier molecular flexibility index (Phi) is 4.63. The minimum Gasteiger partial charge on any atom is -0.492 e. The highest BCUT2D eigenvalue weighted by Gasteiger charge is 2.13. The van der Waals surface area contributed by atoms with E-state index in [4.69, 9.17) is 16.3 Å². The summed E-state index contributed by atoms with van der Waals surface area (Å²) in [5.41, 5.74) is 1.40. The van der Waals surface area contributed by atoms with Gasteiger partial charge in [-0.05, 0) is 19.4 Å². The summed E-state index contributed by atoms with van der Waals surface area (Å²) in [7, 11) is 0. The lowest BCUT2D eigenvalue weighted by molar-refractivity contribution is 0.112. The molecule has 0 saturated carbocycles. The number of carbonyl (C=O) groups is 1. The van der Waals surface area contributed by atoms with Crippen molar-refractivity contribution in [1.29, 1.82) is 0 Å². The largest absolute Gasteiger partial charge is 0.492 e. The molecular formula is C14H14ClN3O2. The smallest absolute Gasteiger partial charge is 0.155 e. The van der Waals surface area contributed by atoms with Crippen molar-refractivity contribution in [3.8, 4) is 17.0 Å². The van der Waals surface area contributed by atoms with Crippen LogP contribution in [0, 0.1) is 6.92 Å². The second kappa shape index (κ2) is 6.43. The Labute approximate surface area is 122 Å². The second-order valence-corrected chi connectivity index (χ2v) is 4.56. The molecule has 104 valence electrons. The number of ether oxygens (including phenoxy) is 1. The third kappa shape index (κ3) is 3.11. The van der Waals surface area contributed by atoms with Gasteiger partial charge in [0.15, 0.2) is 6.29 Å². The number of pyridine rings is 1. The molecule has 2 heterocycles. The summed E-state index contributed by atoms with van der Waals surface area (Å²) in [6, 6.07) is 1.79. The van der Waals surface area contributed by atoms with Crippen molar-refractivity contribution in [3.63, 3.8) is 0 Å². The monoisotopic (exact) mass is 291 g/mol. The van der Waals surface area contributed by atoms with Crippen LogP contribution in [0.2, 0.25) is 5.15 Å². The van der Waals surface area contributed by atoms with Gasteiger partial charge >= 0.3 is 0 Å². The van der Waals surface area contributed by atoms with Crippen molar-refractivity contribution in [2.45, 2.75) is 20.3 Å². The van der Waals surface area contributed by atoms with Gasteiger partial charge in [-0.1, -0.05) is 18.5 Å². The van der Waals surface area contributed by atoms with Crippen LogP contribution in [0.15, 0.2) is 18.5 Å². The molecule has 2 rings (SSSR count). The SMILES string of the molecule is CCCOc1cncc(-c2nc(C)nc(Cl)c2C=O)c1. The molecule has 0 N–H and O–H groups in total. The molecule has 0 spiro atoms. The number of halogens is 1. The highest BCUT2D eigenvalue weighted by Crippen LogP contribution is 2.27. The summed E-state index contributed by atoms with van der Waals surface area (Å²) >= 11 is 5.97. The Morgan fingerprint density at radius 1 is 1.35 bits per heavy atom. The quantitative estimate of drug-likeness (QED) is 0.625. The lowest BCUT2D eigenvalue weighted by Crippen LogP contribution is -2.01. The van der Waals surface area contributed by atoms with Crippen molar-refractivity contribution >= 4 is 17.9 Å². The van der Waals surface area contributed by atoms with Crippen molar-refractivity contribution in [2.24, 2.45) is 0 Å². The van der Waals surface area contributed by atoms with Gasteiger partial charge in [0.1, 0.15) is 16.7 Å². The van der Waals surface area contributed by atoms with Crippen LogP contribution in [-0.4, -0.2) is 27.8 Å². The fourth-order valence-corrected chi connectivity index (χ4v) is 1.98. The van der Waals surface area contributed by atoms with Crippen LogP contribution in [0.4, 0.5) is 0 Å². The number of rotatable bonds is 5. The maximum atomic E-state index is 11.2. The molecule has 0 unspecified atom stereocenters. The van der Waals surface area contributed by atoms with Crippen LogP contribution in [0.3, 0.4) is 0 Å². The van der Waals surface area contributed by atoms with E-state index < -0.39 is 0 Å². The zero-order valence-corrected chi connectivity index (χ0v) is 12.0. The lowest BCUT2D eigenvalue weighted by Gasteiger charge is -2.09. The normalized spacial score (nSPS) is 10.3. The number of hydrogen-bond acceptors (Lipinski definition) is 5. The van der Waals surface area contributed by atoms with Crippen LogP contribution < -0.4 is 4.74 Å². The number of aldehydes is 1. The highest BCUT2D eigenvalue weighted by atomic mass is 35.5. The Morgan fingerprint density at radius 3 is 2.85 bits per heavy atom. The van der Waals surface area contributed by atoms with Crippen molar-refractivity contribution in [3.05, 3.63) is 35.0 Å². The molecule has 0 bridgehead atoms. The molecule has 5 nitrogen and oxygen atoms in total. The number of aryl methyl sites for hydroxylation is 1. The molecule has 2 aromatic rings. The molecule has 0 saturated heterocycles. The fourth-order valence-electron chi connectivity index (χ4n) is 1.72. The summed E-state index contributed by atoms with van der Waals surface area (Å²) in [5.74, 6) is 1.13. The summed E-state index contributed by atoms with van der Waals surface area (Å²) < 4.78 is 5.52. The van der Waals surface area contributed by atoms with E-state index in [2.05, 4.69) is 15.0 Å². The molecule has 0 fully saturated rings. The van der Waals surface area contributed by atoms with Gasteiger partial charge in [0, 0.05) is 11.8 Å². The van der Waals surface area contributed by atoms with Gasteiger partial charge in [-0.2, -0.15) is 0 Å². The zero-order valence-electron chi connectivity index (χ0n) is 11.3. The van der Waals surface area contributed by atoms with Gasteiger partial charge in [-0.15, -0.1) is 0 Å². The molecule has 0 aliphatic carbocycles. The van der Waals surface area contributed by atoms with Gasteiger partial charge in [0.25, 0.3) is 0 Å². The molecule has 0 aliphatic rings. The van der Waals surface area contributed by atoms with E-state index in [1.54, 1.807) is 25.4 Å². The van der Waals surface area contributed by atoms with E-state index in [-0.39, 0.29) is 10.7 Å². The average Bonchev–Trinajstić information content (AvgIpc) is 2.44. The maximum absolute atomic E-state index is 11.2.